The third kappa shape index (κ3) is 5.76. The molecule has 1 amide bonds. The second-order valence-corrected chi connectivity index (χ2v) is 7.04. The van der Waals surface area contributed by atoms with Crippen molar-refractivity contribution < 1.29 is 9.18 Å². The minimum atomic E-state index is -0.256. The van der Waals surface area contributed by atoms with Crippen LogP contribution in [0.2, 0.25) is 0 Å². The number of aromatic nitrogens is 2. The van der Waals surface area contributed by atoms with Crippen molar-refractivity contribution in [3.05, 3.63) is 71.7 Å². The van der Waals surface area contributed by atoms with E-state index in [1.807, 2.05) is 49.2 Å². The number of carbonyl (C=O) groups excluding carboxylic acids is 1. The lowest BCUT2D eigenvalue weighted by Crippen LogP contribution is -2.31. The molecule has 0 bridgehead atoms. The third-order valence-electron chi connectivity index (χ3n) is 4.51. The topological polar surface area (TPSA) is 61.0 Å². The molecule has 1 heterocycles. The Labute approximate surface area is 164 Å². The molecule has 0 saturated carbocycles. The van der Waals surface area contributed by atoms with Crippen LogP contribution in [0.3, 0.4) is 0 Å². The Bertz CT molecular complexity index is 903. The van der Waals surface area contributed by atoms with Crippen LogP contribution in [0.25, 0.3) is 11.3 Å². The van der Waals surface area contributed by atoms with Crippen LogP contribution in [-0.2, 0) is 11.2 Å². The number of hydrogen-bond acceptors (Lipinski definition) is 3. The van der Waals surface area contributed by atoms with E-state index in [4.69, 9.17) is 0 Å². The molecule has 3 aromatic rings. The molecule has 0 aliphatic heterocycles. The number of hydrogen-bond donors (Lipinski definition) is 2. The second-order valence-electron chi connectivity index (χ2n) is 7.04. The summed E-state index contributed by atoms with van der Waals surface area (Å²) in [5.74, 6) is -0.277. The molecule has 3 rings (SSSR count). The molecular formula is C22H25FN4O. The van der Waals surface area contributed by atoms with E-state index in [1.165, 1.54) is 12.1 Å². The van der Waals surface area contributed by atoms with Gasteiger partial charge in [-0.15, -0.1) is 0 Å². The predicted molar refractivity (Wildman–Crippen MR) is 110 cm³/mol. The summed E-state index contributed by atoms with van der Waals surface area (Å²) in [5, 5.41) is 10.2. The van der Waals surface area contributed by atoms with Gasteiger partial charge in [0.25, 0.3) is 0 Å². The van der Waals surface area contributed by atoms with E-state index in [9.17, 15) is 9.18 Å². The zero-order chi connectivity index (χ0) is 19.9. The number of anilines is 1. The number of benzene rings is 2. The molecule has 0 fully saturated rings. The zero-order valence-corrected chi connectivity index (χ0v) is 16.2. The van der Waals surface area contributed by atoms with Gasteiger partial charge >= 0.3 is 0 Å². The van der Waals surface area contributed by atoms with Crippen LogP contribution in [0.5, 0.6) is 0 Å². The Hall–Kier alpha value is -2.99. The molecule has 2 N–H and O–H groups in total. The maximum absolute atomic E-state index is 13.0. The predicted octanol–water partition coefficient (Wildman–Crippen LogP) is 4.03. The van der Waals surface area contributed by atoms with Crippen molar-refractivity contribution in [1.29, 1.82) is 0 Å². The Kier molecular flexibility index (Phi) is 6.55. The molecule has 0 radical (unpaired) electrons. The fourth-order valence-corrected chi connectivity index (χ4v) is 2.96. The number of carbonyl (C=O) groups is 1. The Balaban J connectivity index is 1.41. The molecule has 5 nitrogen and oxygen atoms in total. The van der Waals surface area contributed by atoms with Gasteiger partial charge in [-0.1, -0.05) is 17.7 Å². The van der Waals surface area contributed by atoms with Crippen molar-refractivity contribution in [2.45, 2.75) is 19.8 Å². The first-order valence-corrected chi connectivity index (χ1v) is 9.35. The highest BCUT2D eigenvalue weighted by atomic mass is 19.1. The molecule has 1 aromatic heterocycles. The van der Waals surface area contributed by atoms with Gasteiger partial charge in [0, 0.05) is 16.9 Å². The number of aromatic amines is 1. The Morgan fingerprint density at radius 1 is 1.14 bits per heavy atom. The van der Waals surface area contributed by atoms with E-state index in [1.54, 1.807) is 12.1 Å². The van der Waals surface area contributed by atoms with Crippen molar-refractivity contribution >= 4 is 11.6 Å². The summed E-state index contributed by atoms with van der Waals surface area (Å²) in [5.41, 5.74) is 4.69. The first-order chi connectivity index (χ1) is 13.5. The lowest BCUT2D eigenvalue weighted by Gasteiger charge is -2.16. The maximum Gasteiger partial charge on any atom is 0.238 e. The van der Waals surface area contributed by atoms with Crippen LogP contribution in [-0.4, -0.2) is 41.1 Å². The summed E-state index contributed by atoms with van der Waals surface area (Å²) < 4.78 is 13.0. The average Bonchev–Trinajstić information content (AvgIpc) is 3.13. The van der Waals surface area contributed by atoms with Crippen LogP contribution in [0.4, 0.5) is 10.1 Å². The van der Waals surface area contributed by atoms with Gasteiger partial charge in [-0.3, -0.25) is 14.8 Å². The molecule has 0 saturated heterocycles. The van der Waals surface area contributed by atoms with Gasteiger partial charge in [-0.2, -0.15) is 5.10 Å². The first-order valence-electron chi connectivity index (χ1n) is 9.35. The first kappa shape index (κ1) is 19.8. The highest BCUT2D eigenvalue weighted by molar-refractivity contribution is 5.92. The van der Waals surface area contributed by atoms with Gasteiger partial charge < -0.3 is 5.32 Å². The van der Waals surface area contributed by atoms with E-state index >= 15 is 0 Å². The fraction of sp³-hybridized carbons (Fsp3) is 0.273. The zero-order valence-electron chi connectivity index (χ0n) is 16.2. The number of H-pyrrole nitrogens is 1. The largest absolute Gasteiger partial charge is 0.325 e. The van der Waals surface area contributed by atoms with Crippen LogP contribution in [0, 0.1) is 12.7 Å². The highest BCUT2D eigenvalue weighted by Gasteiger charge is 2.08. The smallest absolute Gasteiger partial charge is 0.238 e. The number of halogens is 1. The average molecular weight is 380 g/mol. The highest BCUT2D eigenvalue weighted by Crippen LogP contribution is 2.18. The lowest BCUT2D eigenvalue weighted by molar-refractivity contribution is -0.117. The summed E-state index contributed by atoms with van der Waals surface area (Å²) >= 11 is 0. The van der Waals surface area contributed by atoms with Crippen LogP contribution < -0.4 is 5.32 Å². The number of amides is 1. The molecule has 0 aliphatic rings. The van der Waals surface area contributed by atoms with E-state index in [2.05, 4.69) is 15.5 Å². The standard InChI is InChI=1S/C22H25FN4O/c1-16-5-11-19(12-6-16)24-22(28)15-27(2)13-3-4-20-14-21(26-25-20)17-7-9-18(23)10-8-17/h5-12,14H,3-4,13,15H2,1-2H3,(H,24,28)(H,25,26). The van der Waals surface area contributed by atoms with Crippen molar-refractivity contribution in [3.63, 3.8) is 0 Å². The summed E-state index contributed by atoms with van der Waals surface area (Å²) in [6.07, 6.45) is 1.73. The summed E-state index contributed by atoms with van der Waals surface area (Å²) in [6, 6.07) is 16.0. The third-order valence-corrected chi connectivity index (χ3v) is 4.51. The number of nitrogens with one attached hydrogen (secondary N) is 2. The van der Waals surface area contributed by atoms with Gasteiger partial charge in [0.1, 0.15) is 5.82 Å². The minimum absolute atomic E-state index is 0.0218. The molecule has 146 valence electrons. The van der Waals surface area contributed by atoms with Gasteiger partial charge in [0.05, 0.1) is 12.2 Å². The van der Waals surface area contributed by atoms with E-state index < -0.39 is 0 Å². The van der Waals surface area contributed by atoms with E-state index in [0.29, 0.717) is 6.54 Å². The van der Waals surface area contributed by atoms with Gasteiger partial charge in [0.15, 0.2) is 0 Å². The molecule has 2 aromatic carbocycles. The quantitative estimate of drug-likeness (QED) is 0.620. The van der Waals surface area contributed by atoms with Gasteiger partial charge in [-0.05, 0) is 75.8 Å². The number of likely N-dealkylation sites (N-methyl/N-ethyl adjacent to an activating group) is 1. The van der Waals surface area contributed by atoms with Crippen LogP contribution >= 0.6 is 0 Å². The van der Waals surface area contributed by atoms with Crippen molar-refractivity contribution in [2.24, 2.45) is 0 Å². The van der Waals surface area contributed by atoms with E-state index in [-0.39, 0.29) is 11.7 Å². The SMILES string of the molecule is Cc1ccc(NC(=O)CN(C)CCCc2cc(-c3ccc(F)cc3)n[nH]2)cc1. The number of rotatable bonds is 8. The Morgan fingerprint density at radius 3 is 2.57 bits per heavy atom. The summed E-state index contributed by atoms with van der Waals surface area (Å²) in [7, 11) is 1.94. The molecule has 0 aliphatic carbocycles. The van der Waals surface area contributed by atoms with Crippen molar-refractivity contribution in [3.8, 4) is 11.3 Å². The van der Waals surface area contributed by atoms with Crippen LogP contribution in [0.1, 0.15) is 17.7 Å². The Morgan fingerprint density at radius 2 is 1.86 bits per heavy atom. The molecule has 0 spiro atoms. The fourth-order valence-electron chi connectivity index (χ4n) is 2.96. The molecule has 0 unspecified atom stereocenters. The number of nitrogens with zero attached hydrogens (tertiary/aromatic N) is 2. The lowest BCUT2D eigenvalue weighted by atomic mass is 10.1. The van der Waals surface area contributed by atoms with Gasteiger partial charge in [-0.25, -0.2) is 4.39 Å². The van der Waals surface area contributed by atoms with Crippen molar-refractivity contribution in [1.82, 2.24) is 15.1 Å². The van der Waals surface area contributed by atoms with Crippen molar-refractivity contribution in [2.75, 3.05) is 25.5 Å². The van der Waals surface area contributed by atoms with Gasteiger partial charge in [0.2, 0.25) is 5.91 Å². The monoisotopic (exact) mass is 380 g/mol. The normalized spacial score (nSPS) is 11.0. The second kappa shape index (κ2) is 9.28. The maximum atomic E-state index is 13.0. The van der Waals surface area contributed by atoms with E-state index in [0.717, 1.165) is 47.6 Å². The summed E-state index contributed by atoms with van der Waals surface area (Å²) in [6.45, 7) is 3.16. The van der Waals surface area contributed by atoms with Crippen LogP contribution in [0.15, 0.2) is 54.6 Å². The molecular weight excluding hydrogens is 355 g/mol. The number of aryl methyl sites for hydroxylation is 2. The minimum Gasteiger partial charge on any atom is -0.325 e. The molecule has 6 heteroatoms. The molecule has 28 heavy (non-hydrogen) atoms. The molecule has 0 atom stereocenters. The summed E-state index contributed by atoms with van der Waals surface area (Å²) in [4.78, 5) is 14.1.